The van der Waals surface area contributed by atoms with Crippen molar-refractivity contribution in [2.24, 2.45) is 23.7 Å². The van der Waals surface area contributed by atoms with Crippen molar-refractivity contribution in [2.75, 3.05) is 34.5 Å². The Kier molecular flexibility index (Phi) is 21.3. The van der Waals surface area contributed by atoms with Crippen LogP contribution in [-0.4, -0.2) is 64.3 Å². The summed E-state index contributed by atoms with van der Waals surface area (Å²) in [6.07, 6.45) is 2.35. The normalized spacial score (nSPS) is 13.5. The van der Waals surface area contributed by atoms with Gasteiger partial charge >= 0.3 is 23.9 Å². The van der Waals surface area contributed by atoms with Crippen LogP contribution in [0.25, 0.3) is 0 Å². The number of carbonyl (C=O) groups excluding carboxylic acids is 5. The predicted octanol–water partition coefficient (Wildman–Crippen LogP) is 4.08. The summed E-state index contributed by atoms with van der Waals surface area (Å²) in [7, 11) is 3.85. The van der Waals surface area contributed by atoms with Crippen LogP contribution < -0.4 is 5.32 Å². The smallest absolute Gasteiger partial charge is 0.309 e. The van der Waals surface area contributed by atoms with Crippen LogP contribution in [0.4, 0.5) is 0 Å². The Morgan fingerprint density at radius 3 is 1.50 bits per heavy atom. The van der Waals surface area contributed by atoms with Gasteiger partial charge in [-0.1, -0.05) is 78.5 Å². The van der Waals surface area contributed by atoms with Crippen molar-refractivity contribution in [1.29, 1.82) is 0 Å². The zero-order valence-electron chi connectivity index (χ0n) is 25.4. The first-order valence-corrected chi connectivity index (χ1v) is 13.2. The number of hydrogen-bond acceptors (Lipinski definition) is 9. The summed E-state index contributed by atoms with van der Waals surface area (Å²) in [6.45, 7) is 14.5. The summed E-state index contributed by atoms with van der Waals surface area (Å²) >= 11 is 0. The summed E-state index contributed by atoms with van der Waals surface area (Å²) in [6, 6.07) is 10.6. The molecule has 5 unspecified atom stereocenters. The van der Waals surface area contributed by atoms with Gasteiger partial charge in [-0.3, -0.25) is 24.0 Å². The number of ether oxygens (including phenoxy) is 4. The Morgan fingerprint density at radius 2 is 1.15 bits per heavy atom. The standard InChI is InChI=1S/C12H19NO5.C10H14.C8H14O4/c1-5-10(14)13-6-7-18-12(16)9(3)8(2)11(15)17-4;1-3-9(2)10-7-5-4-6-8-10;1-5(7(9)11-3)6(2)8(10)12-4/h5,8-9H,1,6-7H2,2-4H3,(H,13,14);4-9H,3H2,1-2H3;5-6H,1-4H3. The highest BCUT2D eigenvalue weighted by atomic mass is 16.5. The lowest BCUT2D eigenvalue weighted by Crippen LogP contribution is -2.31. The quantitative estimate of drug-likeness (QED) is 0.172. The molecule has 40 heavy (non-hydrogen) atoms. The Morgan fingerprint density at radius 1 is 0.750 bits per heavy atom. The zero-order valence-corrected chi connectivity index (χ0v) is 25.4. The highest BCUT2D eigenvalue weighted by Gasteiger charge is 2.28. The van der Waals surface area contributed by atoms with Crippen molar-refractivity contribution in [3.63, 3.8) is 0 Å². The first kappa shape index (κ1) is 38.5. The molecule has 5 atom stereocenters. The number of hydrogen-bond donors (Lipinski definition) is 1. The number of esters is 4. The highest BCUT2D eigenvalue weighted by Crippen LogP contribution is 2.17. The third kappa shape index (κ3) is 15.7. The molecule has 0 aromatic heterocycles. The molecule has 10 nitrogen and oxygen atoms in total. The van der Waals surface area contributed by atoms with E-state index in [0.717, 1.165) is 6.08 Å². The van der Waals surface area contributed by atoms with E-state index in [-0.39, 0.29) is 19.1 Å². The minimum absolute atomic E-state index is 0.0522. The molecule has 1 N–H and O–H groups in total. The maximum absolute atomic E-state index is 11.6. The monoisotopic (exact) mass is 565 g/mol. The van der Waals surface area contributed by atoms with Gasteiger partial charge in [0.1, 0.15) is 6.61 Å². The number of amides is 1. The van der Waals surface area contributed by atoms with Crippen LogP contribution in [-0.2, 0) is 42.9 Å². The Balaban J connectivity index is 0. The van der Waals surface area contributed by atoms with E-state index < -0.39 is 47.5 Å². The van der Waals surface area contributed by atoms with Gasteiger partial charge < -0.3 is 24.3 Å². The molecule has 0 saturated heterocycles. The van der Waals surface area contributed by atoms with Crippen LogP contribution in [0.1, 0.15) is 59.4 Å². The summed E-state index contributed by atoms with van der Waals surface area (Å²) in [5.74, 6) is -3.44. The second-order valence-corrected chi connectivity index (χ2v) is 9.11. The van der Waals surface area contributed by atoms with Crippen LogP contribution in [0, 0.1) is 23.7 Å². The molecule has 1 aromatic carbocycles. The minimum atomic E-state index is -0.590. The van der Waals surface area contributed by atoms with Crippen LogP contribution in [0.2, 0.25) is 0 Å². The fourth-order valence-corrected chi connectivity index (χ4v) is 2.92. The molecule has 1 amide bonds. The average molecular weight is 566 g/mol. The van der Waals surface area contributed by atoms with Crippen LogP contribution in [0.3, 0.4) is 0 Å². The third-order valence-electron chi connectivity index (χ3n) is 6.40. The molecule has 0 saturated carbocycles. The third-order valence-corrected chi connectivity index (χ3v) is 6.40. The molecule has 0 aliphatic carbocycles. The number of rotatable bonds is 12. The van der Waals surface area contributed by atoms with Crippen molar-refractivity contribution in [2.45, 2.75) is 53.9 Å². The highest BCUT2D eigenvalue weighted by molar-refractivity contribution is 5.86. The lowest BCUT2D eigenvalue weighted by atomic mass is 9.96. The molecule has 0 spiro atoms. The van der Waals surface area contributed by atoms with Crippen LogP contribution in [0.15, 0.2) is 43.0 Å². The van der Waals surface area contributed by atoms with Gasteiger partial charge in [0.25, 0.3) is 0 Å². The molecule has 10 heteroatoms. The van der Waals surface area contributed by atoms with E-state index in [4.69, 9.17) is 4.74 Å². The van der Waals surface area contributed by atoms with E-state index in [1.165, 1.54) is 33.3 Å². The molecule has 0 fully saturated rings. The van der Waals surface area contributed by atoms with Gasteiger partial charge in [0, 0.05) is 0 Å². The molecule has 0 heterocycles. The molecule has 226 valence electrons. The lowest BCUT2D eigenvalue weighted by molar-refractivity contribution is -0.157. The van der Waals surface area contributed by atoms with Gasteiger partial charge in [0.05, 0.1) is 51.5 Å². The molecule has 1 aromatic rings. The Bertz CT molecular complexity index is 897. The SMILES string of the molecule is C=CC(=O)NCCOC(=O)C(C)C(C)C(=O)OC.CCC(C)c1ccccc1.COC(=O)C(C)C(C)C(=O)OC. The first-order chi connectivity index (χ1) is 18.8. The van der Waals surface area contributed by atoms with E-state index in [2.05, 4.69) is 70.3 Å². The minimum Gasteiger partial charge on any atom is -0.469 e. The second kappa shape index (κ2) is 22.2. The predicted molar refractivity (Wildman–Crippen MR) is 152 cm³/mol. The van der Waals surface area contributed by atoms with E-state index in [1.807, 2.05) is 0 Å². The molecule has 0 aliphatic heterocycles. The average Bonchev–Trinajstić information content (AvgIpc) is 3.00. The zero-order chi connectivity index (χ0) is 31.3. The van der Waals surface area contributed by atoms with E-state index in [9.17, 15) is 24.0 Å². The molecule has 0 bridgehead atoms. The van der Waals surface area contributed by atoms with E-state index in [0.29, 0.717) is 5.92 Å². The molecule has 0 radical (unpaired) electrons. The fourth-order valence-electron chi connectivity index (χ4n) is 2.92. The molecule has 1 rings (SSSR count). The molecular weight excluding hydrogens is 518 g/mol. The summed E-state index contributed by atoms with van der Waals surface area (Å²) < 4.78 is 18.4. The van der Waals surface area contributed by atoms with E-state index >= 15 is 0 Å². The van der Waals surface area contributed by atoms with Crippen LogP contribution in [0.5, 0.6) is 0 Å². The maximum atomic E-state index is 11.6. The Labute approximate surface area is 238 Å². The first-order valence-electron chi connectivity index (χ1n) is 13.2. The van der Waals surface area contributed by atoms with Crippen molar-refractivity contribution in [1.82, 2.24) is 5.32 Å². The fraction of sp³-hybridized carbons (Fsp3) is 0.567. The summed E-state index contributed by atoms with van der Waals surface area (Å²) in [4.78, 5) is 55.5. The second-order valence-electron chi connectivity index (χ2n) is 9.11. The number of nitrogens with one attached hydrogen (secondary N) is 1. The largest absolute Gasteiger partial charge is 0.469 e. The van der Waals surface area contributed by atoms with Gasteiger partial charge in [0.15, 0.2) is 0 Å². The summed E-state index contributed by atoms with van der Waals surface area (Å²) in [5.41, 5.74) is 1.45. The lowest BCUT2D eigenvalue weighted by Gasteiger charge is -2.16. The Hall–Kier alpha value is -3.69. The van der Waals surface area contributed by atoms with Gasteiger partial charge in [-0.25, -0.2) is 0 Å². The van der Waals surface area contributed by atoms with Gasteiger partial charge in [0.2, 0.25) is 5.91 Å². The van der Waals surface area contributed by atoms with Gasteiger partial charge in [-0.05, 0) is 24.0 Å². The van der Waals surface area contributed by atoms with Crippen LogP contribution >= 0.6 is 0 Å². The van der Waals surface area contributed by atoms with Crippen molar-refractivity contribution >= 4 is 29.8 Å². The molecule has 0 aliphatic rings. The van der Waals surface area contributed by atoms with Gasteiger partial charge in [-0.2, -0.15) is 0 Å². The summed E-state index contributed by atoms with van der Waals surface area (Å²) in [5, 5.41) is 2.46. The van der Waals surface area contributed by atoms with Crippen molar-refractivity contribution in [3.8, 4) is 0 Å². The maximum Gasteiger partial charge on any atom is 0.309 e. The van der Waals surface area contributed by atoms with E-state index in [1.54, 1.807) is 27.7 Å². The molecular formula is C30H47NO9. The number of carbonyl (C=O) groups is 5. The van der Waals surface area contributed by atoms with Gasteiger partial charge in [-0.15, -0.1) is 0 Å². The van der Waals surface area contributed by atoms with Crippen molar-refractivity contribution in [3.05, 3.63) is 48.6 Å². The number of methoxy groups -OCH3 is 3. The van der Waals surface area contributed by atoms with Crippen molar-refractivity contribution < 1.29 is 42.9 Å². The number of benzene rings is 1. The topological polar surface area (TPSA) is 134 Å².